The third-order valence-electron chi connectivity index (χ3n) is 2.35. The summed E-state index contributed by atoms with van der Waals surface area (Å²) in [5.74, 6) is -1.40. The summed E-state index contributed by atoms with van der Waals surface area (Å²) in [6.45, 7) is 1.81. The second kappa shape index (κ2) is 6.95. The molecule has 104 valence electrons. The molecule has 20 heavy (non-hydrogen) atoms. The molecular formula is C14H14N2O4. The zero-order valence-corrected chi connectivity index (χ0v) is 11.4. The van der Waals surface area contributed by atoms with E-state index in [0.29, 0.717) is 11.3 Å². The minimum Gasteiger partial charge on any atom is -0.466 e. The van der Waals surface area contributed by atoms with Crippen molar-refractivity contribution in [3.8, 4) is 6.07 Å². The van der Waals surface area contributed by atoms with E-state index in [-0.39, 0.29) is 5.70 Å². The molecule has 0 unspecified atom stereocenters. The minimum absolute atomic E-state index is 0.0751. The molecule has 1 N–H and O–H groups in total. The fraction of sp³-hybridized carbons (Fsp3) is 0.214. The Balaban J connectivity index is 3.10. The van der Waals surface area contributed by atoms with Crippen LogP contribution in [0.15, 0.2) is 30.0 Å². The molecule has 6 heteroatoms. The van der Waals surface area contributed by atoms with Crippen molar-refractivity contribution in [2.75, 3.05) is 19.5 Å². The molecular weight excluding hydrogens is 260 g/mol. The van der Waals surface area contributed by atoms with E-state index in [0.717, 1.165) is 11.6 Å². The molecule has 0 amide bonds. The van der Waals surface area contributed by atoms with Gasteiger partial charge in [-0.2, -0.15) is 5.26 Å². The van der Waals surface area contributed by atoms with Gasteiger partial charge in [-0.3, -0.25) is 0 Å². The molecule has 1 aromatic rings. The van der Waals surface area contributed by atoms with E-state index < -0.39 is 11.9 Å². The molecule has 0 fully saturated rings. The number of hydrogen-bond acceptors (Lipinski definition) is 6. The number of anilines is 1. The standard InChI is InChI=1S/C14H14N2O4/c1-9-4-10(8-15)6-11(5-9)16-12(14(18)20-3)7-13(17)19-2/h4-7,16H,1-3H3/b12-7+. The molecule has 1 rings (SSSR count). The highest BCUT2D eigenvalue weighted by Gasteiger charge is 2.13. The average Bonchev–Trinajstić information content (AvgIpc) is 2.44. The summed E-state index contributed by atoms with van der Waals surface area (Å²) >= 11 is 0. The Hall–Kier alpha value is -2.81. The Labute approximate surface area is 116 Å². The topological polar surface area (TPSA) is 88.4 Å². The van der Waals surface area contributed by atoms with E-state index in [4.69, 9.17) is 5.26 Å². The van der Waals surface area contributed by atoms with Crippen LogP contribution in [0.4, 0.5) is 5.69 Å². The second-order valence-electron chi connectivity index (χ2n) is 3.90. The van der Waals surface area contributed by atoms with Crippen LogP contribution in [0.2, 0.25) is 0 Å². The van der Waals surface area contributed by atoms with E-state index in [1.54, 1.807) is 18.2 Å². The summed E-state index contributed by atoms with van der Waals surface area (Å²) in [4.78, 5) is 22.8. The lowest BCUT2D eigenvalue weighted by Crippen LogP contribution is -2.15. The lowest BCUT2D eigenvalue weighted by atomic mass is 10.1. The van der Waals surface area contributed by atoms with Gasteiger partial charge >= 0.3 is 11.9 Å². The van der Waals surface area contributed by atoms with Gasteiger partial charge in [-0.15, -0.1) is 0 Å². The number of esters is 2. The van der Waals surface area contributed by atoms with E-state index in [9.17, 15) is 9.59 Å². The van der Waals surface area contributed by atoms with E-state index in [1.165, 1.54) is 14.2 Å². The van der Waals surface area contributed by atoms with Gasteiger partial charge in [0.25, 0.3) is 0 Å². The number of ether oxygens (including phenoxy) is 2. The number of benzene rings is 1. The van der Waals surface area contributed by atoms with Gasteiger partial charge in [0.15, 0.2) is 0 Å². The van der Waals surface area contributed by atoms with Gasteiger partial charge in [-0.25, -0.2) is 9.59 Å². The first-order valence-electron chi connectivity index (χ1n) is 5.67. The van der Waals surface area contributed by atoms with Gasteiger partial charge in [0.1, 0.15) is 5.70 Å². The monoisotopic (exact) mass is 274 g/mol. The first-order valence-corrected chi connectivity index (χ1v) is 5.67. The Kier molecular flexibility index (Phi) is 5.30. The number of methoxy groups -OCH3 is 2. The summed E-state index contributed by atoms with van der Waals surface area (Å²) in [6, 6.07) is 7.00. The van der Waals surface area contributed by atoms with Crippen LogP contribution in [0.1, 0.15) is 11.1 Å². The summed E-state index contributed by atoms with van der Waals surface area (Å²) in [6.07, 6.45) is 0.986. The molecule has 1 aromatic carbocycles. The molecule has 0 heterocycles. The number of rotatable bonds is 4. The summed E-state index contributed by atoms with van der Waals surface area (Å²) in [7, 11) is 2.40. The van der Waals surface area contributed by atoms with E-state index >= 15 is 0 Å². The van der Waals surface area contributed by atoms with Gasteiger partial charge in [0.05, 0.1) is 31.9 Å². The number of aryl methyl sites for hydroxylation is 1. The molecule has 0 aromatic heterocycles. The zero-order valence-electron chi connectivity index (χ0n) is 11.4. The maximum atomic E-state index is 11.6. The molecule has 0 spiro atoms. The summed E-state index contributed by atoms with van der Waals surface area (Å²) < 4.78 is 9.04. The minimum atomic E-state index is -0.713. The summed E-state index contributed by atoms with van der Waals surface area (Å²) in [5.41, 5.74) is 1.71. The van der Waals surface area contributed by atoms with Crippen LogP contribution in [0.3, 0.4) is 0 Å². The highest BCUT2D eigenvalue weighted by atomic mass is 16.5. The Bertz CT molecular complexity index is 600. The molecule has 0 radical (unpaired) electrons. The highest BCUT2D eigenvalue weighted by Crippen LogP contribution is 2.16. The first kappa shape index (κ1) is 15.2. The second-order valence-corrected chi connectivity index (χ2v) is 3.90. The number of hydrogen-bond donors (Lipinski definition) is 1. The molecule has 0 atom stereocenters. The van der Waals surface area contributed by atoms with E-state index in [2.05, 4.69) is 14.8 Å². The van der Waals surface area contributed by atoms with Crippen molar-refractivity contribution >= 4 is 17.6 Å². The molecule has 0 bridgehead atoms. The molecule has 0 aliphatic heterocycles. The van der Waals surface area contributed by atoms with Crippen molar-refractivity contribution in [3.63, 3.8) is 0 Å². The highest BCUT2D eigenvalue weighted by molar-refractivity contribution is 5.98. The molecule has 0 aliphatic carbocycles. The maximum absolute atomic E-state index is 11.6. The van der Waals surface area contributed by atoms with Crippen LogP contribution in [-0.2, 0) is 19.1 Å². The van der Waals surface area contributed by atoms with Crippen molar-refractivity contribution in [1.82, 2.24) is 0 Å². The van der Waals surface area contributed by atoms with Gasteiger partial charge in [0.2, 0.25) is 0 Å². The Morgan fingerprint density at radius 3 is 2.50 bits per heavy atom. The van der Waals surface area contributed by atoms with Crippen molar-refractivity contribution in [1.29, 1.82) is 5.26 Å². The molecule has 0 aliphatic rings. The van der Waals surface area contributed by atoms with Crippen molar-refractivity contribution in [2.24, 2.45) is 0 Å². The largest absolute Gasteiger partial charge is 0.466 e. The Morgan fingerprint density at radius 1 is 1.25 bits per heavy atom. The molecule has 0 saturated heterocycles. The SMILES string of the molecule is COC(=O)/C=C(/Nc1cc(C)cc(C#N)c1)C(=O)OC. The van der Waals surface area contributed by atoms with Crippen molar-refractivity contribution in [2.45, 2.75) is 6.92 Å². The van der Waals surface area contributed by atoms with Crippen LogP contribution in [0.5, 0.6) is 0 Å². The number of nitrogens with zero attached hydrogens (tertiary/aromatic N) is 1. The number of carbonyl (C=O) groups is 2. The predicted octanol–water partition coefficient (Wildman–Crippen LogP) is 1.51. The van der Waals surface area contributed by atoms with Crippen molar-refractivity contribution < 1.29 is 19.1 Å². The van der Waals surface area contributed by atoms with Gasteiger partial charge < -0.3 is 14.8 Å². The quantitative estimate of drug-likeness (QED) is 0.661. The lowest BCUT2D eigenvalue weighted by Gasteiger charge is -2.10. The van der Waals surface area contributed by atoms with Gasteiger partial charge in [0, 0.05) is 5.69 Å². The average molecular weight is 274 g/mol. The van der Waals surface area contributed by atoms with Crippen LogP contribution >= 0.6 is 0 Å². The smallest absolute Gasteiger partial charge is 0.354 e. The van der Waals surface area contributed by atoms with Crippen LogP contribution in [0.25, 0.3) is 0 Å². The van der Waals surface area contributed by atoms with Gasteiger partial charge in [-0.05, 0) is 30.7 Å². The predicted molar refractivity (Wildman–Crippen MR) is 71.6 cm³/mol. The zero-order chi connectivity index (χ0) is 15.1. The van der Waals surface area contributed by atoms with Crippen LogP contribution < -0.4 is 5.32 Å². The maximum Gasteiger partial charge on any atom is 0.354 e. The van der Waals surface area contributed by atoms with E-state index in [1.807, 2.05) is 13.0 Å². The summed E-state index contributed by atoms with van der Waals surface area (Å²) in [5, 5.41) is 11.6. The van der Waals surface area contributed by atoms with Gasteiger partial charge in [-0.1, -0.05) is 0 Å². The number of nitriles is 1. The van der Waals surface area contributed by atoms with Crippen LogP contribution in [0, 0.1) is 18.3 Å². The lowest BCUT2D eigenvalue weighted by molar-refractivity contribution is -0.138. The first-order chi connectivity index (χ1) is 9.49. The third kappa shape index (κ3) is 4.14. The molecule has 6 nitrogen and oxygen atoms in total. The van der Waals surface area contributed by atoms with Crippen molar-refractivity contribution in [3.05, 3.63) is 41.1 Å². The molecule has 0 saturated carbocycles. The fourth-order valence-corrected chi connectivity index (χ4v) is 1.51. The third-order valence-corrected chi connectivity index (χ3v) is 2.35. The van der Waals surface area contributed by atoms with Crippen LogP contribution in [-0.4, -0.2) is 26.2 Å². The number of nitrogens with one attached hydrogen (secondary N) is 1. The normalized spacial score (nSPS) is 10.4. The number of carbonyl (C=O) groups excluding carboxylic acids is 2. The Morgan fingerprint density at radius 2 is 1.95 bits per heavy atom. The fourth-order valence-electron chi connectivity index (χ4n) is 1.51.